The molecule has 0 heterocycles. The zero-order valence-electron chi connectivity index (χ0n) is 16.3. The van der Waals surface area contributed by atoms with Crippen molar-refractivity contribution in [2.75, 3.05) is 11.9 Å². The van der Waals surface area contributed by atoms with Crippen LogP contribution in [0.5, 0.6) is 5.75 Å². The quantitative estimate of drug-likeness (QED) is 0.698. The van der Waals surface area contributed by atoms with Crippen molar-refractivity contribution in [3.63, 3.8) is 0 Å². The number of esters is 1. The molecule has 27 heavy (non-hydrogen) atoms. The second kappa shape index (κ2) is 9.76. The van der Waals surface area contributed by atoms with Crippen molar-refractivity contribution >= 4 is 17.6 Å². The minimum Gasteiger partial charge on any atom is -0.479 e. The van der Waals surface area contributed by atoms with Crippen LogP contribution in [0.4, 0.5) is 5.69 Å². The molecule has 5 nitrogen and oxygen atoms in total. The Bertz CT molecular complexity index is 771. The van der Waals surface area contributed by atoms with E-state index >= 15 is 0 Å². The van der Waals surface area contributed by atoms with Gasteiger partial charge in [0.2, 0.25) is 0 Å². The number of rotatable bonds is 8. The lowest BCUT2D eigenvalue weighted by molar-refractivity contribution is -0.154. The van der Waals surface area contributed by atoms with Crippen molar-refractivity contribution in [1.82, 2.24) is 0 Å². The van der Waals surface area contributed by atoms with Crippen LogP contribution in [0, 0.1) is 6.92 Å². The first-order chi connectivity index (χ1) is 12.9. The van der Waals surface area contributed by atoms with Crippen LogP contribution in [0.2, 0.25) is 0 Å². The number of ether oxygens (including phenoxy) is 2. The fourth-order valence-corrected chi connectivity index (χ4v) is 2.71. The highest BCUT2D eigenvalue weighted by Crippen LogP contribution is 2.27. The van der Waals surface area contributed by atoms with Gasteiger partial charge in [-0.15, -0.1) is 0 Å². The van der Waals surface area contributed by atoms with Crippen LogP contribution >= 0.6 is 0 Å². The Balaban J connectivity index is 1.94. The Morgan fingerprint density at radius 2 is 1.74 bits per heavy atom. The highest BCUT2D eigenvalue weighted by Gasteiger charge is 2.21. The first-order valence-electron chi connectivity index (χ1n) is 9.20. The summed E-state index contributed by atoms with van der Waals surface area (Å²) in [5.41, 5.74) is 2.80. The summed E-state index contributed by atoms with van der Waals surface area (Å²) in [6, 6.07) is 15.0. The van der Waals surface area contributed by atoms with Gasteiger partial charge in [-0.2, -0.15) is 0 Å². The Labute approximate surface area is 160 Å². The third-order valence-electron chi connectivity index (χ3n) is 4.19. The first kappa shape index (κ1) is 20.5. The molecule has 0 saturated heterocycles. The Morgan fingerprint density at radius 1 is 1.04 bits per heavy atom. The molecule has 0 saturated carbocycles. The lowest BCUT2D eigenvalue weighted by Crippen LogP contribution is -2.31. The van der Waals surface area contributed by atoms with Gasteiger partial charge < -0.3 is 14.8 Å². The average molecular weight is 369 g/mol. The molecule has 1 N–H and O–H groups in total. The number of carbonyl (C=O) groups is 2. The molecule has 0 unspecified atom stereocenters. The fourth-order valence-electron chi connectivity index (χ4n) is 2.71. The summed E-state index contributed by atoms with van der Waals surface area (Å²) in [6.45, 7) is 7.55. The van der Waals surface area contributed by atoms with E-state index in [9.17, 15) is 9.59 Å². The van der Waals surface area contributed by atoms with Gasteiger partial charge >= 0.3 is 5.97 Å². The summed E-state index contributed by atoms with van der Waals surface area (Å²) >= 11 is 0. The van der Waals surface area contributed by atoms with Crippen molar-refractivity contribution in [2.24, 2.45) is 0 Å². The SMILES string of the molecule is CC[C@@H](Oc1ccccc1)C(=O)OCC(=O)Nc1c(C)cccc1C(C)C. The lowest BCUT2D eigenvalue weighted by atomic mass is 9.98. The summed E-state index contributed by atoms with van der Waals surface area (Å²) in [6.07, 6.45) is -0.296. The molecule has 1 amide bonds. The predicted molar refractivity (Wildman–Crippen MR) is 106 cm³/mol. The highest BCUT2D eigenvalue weighted by atomic mass is 16.6. The zero-order valence-corrected chi connectivity index (χ0v) is 16.3. The molecule has 2 rings (SSSR count). The molecule has 1 atom stereocenters. The van der Waals surface area contributed by atoms with Crippen LogP contribution in [0.25, 0.3) is 0 Å². The smallest absolute Gasteiger partial charge is 0.347 e. The van der Waals surface area contributed by atoms with E-state index in [1.54, 1.807) is 12.1 Å². The molecule has 144 valence electrons. The minimum atomic E-state index is -0.745. The monoisotopic (exact) mass is 369 g/mol. The summed E-state index contributed by atoms with van der Waals surface area (Å²) in [5, 5.41) is 2.87. The second-order valence-corrected chi connectivity index (χ2v) is 6.68. The molecule has 0 fully saturated rings. The van der Waals surface area contributed by atoms with Crippen LogP contribution in [0.1, 0.15) is 44.2 Å². The maximum atomic E-state index is 12.3. The van der Waals surface area contributed by atoms with Gasteiger partial charge in [-0.25, -0.2) is 4.79 Å². The van der Waals surface area contributed by atoms with E-state index in [4.69, 9.17) is 9.47 Å². The van der Waals surface area contributed by atoms with Gasteiger partial charge in [0.25, 0.3) is 5.91 Å². The van der Waals surface area contributed by atoms with Gasteiger partial charge in [0.1, 0.15) is 5.75 Å². The second-order valence-electron chi connectivity index (χ2n) is 6.68. The molecule has 0 aliphatic carbocycles. The zero-order chi connectivity index (χ0) is 19.8. The van der Waals surface area contributed by atoms with Gasteiger partial charge in [-0.3, -0.25) is 4.79 Å². The molecule has 0 spiro atoms. The third-order valence-corrected chi connectivity index (χ3v) is 4.19. The molecule has 0 radical (unpaired) electrons. The molecule has 2 aromatic rings. The van der Waals surface area contributed by atoms with Crippen LogP contribution in [-0.2, 0) is 14.3 Å². The van der Waals surface area contributed by atoms with E-state index in [-0.39, 0.29) is 18.4 Å². The topological polar surface area (TPSA) is 64.6 Å². The number of anilines is 1. The van der Waals surface area contributed by atoms with Crippen molar-refractivity contribution < 1.29 is 19.1 Å². The number of benzene rings is 2. The number of para-hydroxylation sites is 2. The number of hydrogen-bond donors (Lipinski definition) is 1. The Morgan fingerprint density at radius 3 is 2.37 bits per heavy atom. The molecule has 2 aromatic carbocycles. The van der Waals surface area contributed by atoms with Crippen molar-refractivity contribution in [3.05, 3.63) is 59.7 Å². The standard InChI is InChI=1S/C22H27NO4/c1-5-19(27-17-11-7-6-8-12-17)22(25)26-14-20(24)23-21-16(4)10-9-13-18(21)15(2)3/h6-13,15,19H,5,14H2,1-4H3,(H,23,24)/t19-/m1/s1. The predicted octanol–water partition coefficient (Wildman–Crippen LogP) is 4.46. The maximum Gasteiger partial charge on any atom is 0.347 e. The van der Waals surface area contributed by atoms with Crippen molar-refractivity contribution in [2.45, 2.75) is 46.1 Å². The Hall–Kier alpha value is -2.82. The molecule has 0 aliphatic heterocycles. The van der Waals surface area contributed by atoms with Crippen LogP contribution in [-0.4, -0.2) is 24.6 Å². The Kier molecular flexibility index (Phi) is 7.41. The first-order valence-corrected chi connectivity index (χ1v) is 9.20. The van der Waals surface area contributed by atoms with Gasteiger partial charge in [0.15, 0.2) is 12.7 Å². The van der Waals surface area contributed by atoms with Crippen molar-refractivity contribution in [1.29, 1.82) is 0 Å². The molecular weight excluding hydrogens is 342 g/mol. The van der Waals surface area contributed by atoms with Gasteiger partial charge in [-0.05, 0) is 42.5 Å². The van der Waals surface area contributed by atoms with E-state index in [1.807, 2.05) is 50.2 Å². The van der Waals surface area contributed by atoms with E-state index < -0.39 is 12.1 Å². The molecule has 0 bridgehead atoms. The maximum absolute atomic E-state index is 12.3. The summed E-state index contributed by atoms with van der Waals surface area (Å²) < 4.78 is 10.8. The highest BCUT2D eigenvalue weighted by molar-refractivity contribution is 5.94. The van der Waals surface area contributed by atoms with E-state index in [1.165, 1.54) is 0 Å². The molecule has 0 aliphatic rings. The third kappa shape index (κ3) is 5.84. The normalized spacial score (nSPS) is 11.7. The van der Waals surface area contributed by atoms with Crippen LogP contribution in [0.3, 0.4) is 0 Å². The number of carbonyl (C=O) groups excluding carboxylic acids is 2. The molecular formula is C22H27NO4. The van der Waals surface area contributed by atoms with E-state index in [0.29, 0.717) is 12.2 Å². The summed E-state index contributed by atoms with van der Waals surface area (Å²) in [5.74, 6) is -0.0572. The number of amides is 1. The summed E-state index contributed by atoms with van der Waals surface area (Å²) in [4.78, 5) is 24.5. The minimum absolute atomic E-state index is 0.270. The van der Waals surface area contributed by atoms with Crippen LogP contribution in [0.15, 0.2) is 48.5 Å². The van der Waals surface area contributed by atoms with E-state index in [2.05, 4.69) is 19.2 Å². The van der Waals surface area contributed by atoms with Gasteiger partial charge in [0.05, 0.1) is 0 Å². The molecule has 5 heteroatoms. The average Bonchev–Trinajstić information content (AvgIpc) is 2.66. The molecule has 0 aromatic heterocycles. The number of aryl methyl sites for hydroxylation is 1. The van der Waals surface area contributed by atoms with Gasteiger partial charge in [0, 0.05) is 5.69 Å². The fraction of sp³-hybridized carbons (Fsp3) is 0.364. The number of nitrogens with one attached hydrogen (secondary N) is 1. The largest absolute Gasteiger partial charge is 0.479 e. The number of hydrogen-bond acceptors (Lipinski definition) is 4. The van der Waals surface area contributed by atoms with Crippen LogP contribution < -0.4 is 10.1 Å². The van der Waals surface area contributed by atoms with Gasteiger partial charge in [-0.1, -0.05) is 57.2 Å². The lowest BCUT2D eigenvalue weighted by Gasteiger charge is -2.18. The van der Waals surface area contributed by atoms with Crippen molar-refractivity contribution in [3.8, 4) is 5.75 Å². The summed E-state index contributed by atoms with van der Waals surface area (Å²) in [7, 11) is 0. The van der Waals surface area contributed by atoms with E-state index in [0.717, 1.165) is 16.8 Å².